The van der Waals surface area contributed by atoms with Crippen molar-refractivity contribution in [3.63, 3.8) is 0 Å². The van der Waals surface area contributed by atoms with Crippen LogP contribution in [0.15, 0.2) is 18.3 Å². The smallest absolute Gasteiger partial charge is 0.389 e. The van der Waals surface area contributed by atoms with Crippen LogP contribution in [-0.2, 0) is 0 Å². The lowest BCUT2D eigenvalue weighted by atomic mass is 10.2. The van der Waals surface area contributed by atoms with Crippen LogP contribution in [0.5, 0.6) is 0 Å². The summed E-state index contributed by atoms with van der Waals surface area (Å²) in [6.07, 6.45) is -2.90. The van der Waals surface area contributed by atoms with Crippen LogP contribution in [-0.4, -0.2) is 29.7 Å². The van der Waals surface area contributed by atoms with Crippen molar-refractivity contribution in [3.05, 3.63) is 23.9 Å². The largest absolute Gasteiger partial charge is 0.405 e. The van der Waals surface area contributed by atoms with Crippen LogP contribution >= 0.6 is 12.2 Å². The average molecular weight is 249 g/mol. The Morgan fingerprint density at radius 3 is 2.69 bits per heavy atom. The first-order valence-corrected chi connectivity index (χ1v) is 4.75. The van der Waals surface area contributed by atoms with Gasteiger partial charge in [0.15, 0.2) is 0 Å². The molecule has 16 heavy (non-hydrogen) atoms. The molecule has 0 amide bonds. The van der Waals surface area contributed by atoms with E-state index >= 15 is 0 Å². The molecule has 0 fully saturated rings. The summed E-state index contributed by atoms with van der Waals surface area (Å²) < 4.78 is 36.6. The van der Waals surface area contributed by atoms with E-state index in [0.29, 0.717) is 5.56 Å². The maximum absolute atomic E-state index is 12.2. The third-order valence-corrected chi connectivity index (χ3v) is 2.05. The van der Waals surface area contributed by atoms with Gasteiger partial charge in [-0.25, -0.2) is 4.98 Å². The minimum absolute atomic E-state index is 0.0251. The van der Waals surface area contributed by atoms with Gasteiger partial charge >= 0.3 is 6.18 Å². The number of halogens is 3. The molecule has 0 saturated carbocycles. The molecule has 0 spiro atoms. The molecular formula is C9H10F3N3S. The molecule has 1 rings (SSSR count). The van der Waals surface area contributed by atoms with Gasteiger partial charge in [-0.1, -0.05) is 12.2 Å². The summed E-state index contributed by atoms with van der Waals surface area (Å²) in [7, 11) is 1.29. The first kappa shape index (κ1) is 12.7. The summed E-state index contributed by atoms with van der Waals surface area (Å²) in [6.45, 7) is -1.10. The Morgan fingerprint density at radius 2 is 2.19 bits per heavy atom. The van der Waals surface area contributed by atoms with Crippen LogP contribution in [0, 0.1) is 0 Å². The summed E-state index contributed by atoms with van der Waals surface area (Å²) in [5.74, 6) is 0.132. The fraction of sp³-hybridized carbons (Fsp3) is 0.333. The Kier molecular flexibility index (Phi) is 3.69. The zero-order valence-corrected chi connectivity index (χ0v) is 9.27. The van der Waals surface area contributed by atoms with Crippen molar-refractivity contribution >= 4 is 23.0 Å². The van der Waals surface area contributed by atoms with Crippen molar-refractivity contribution in [2.45, 2.75) is 6.18 Å². The summed E-state index contributed by atoms with van der Waals surface area (Å²) in [5.41, 5.74) is 5.74. The second kappa shape index (κ2) is 4.65. The third-order valence-electron chi connectivity index (χ3n) is 1.83. The molecule has 0 unspecified atom stereocenters. The van der Waals surface area contributed by atoms with Gasteiger partial charge in [0, 0.05) is 13.2 Å². The number of hydrogen-bond donors (Lipinski definition) is 1. The zero-order chi connectivity index (χ0) is 12.3. The van der Waals surface area contributed by atoms with Crippen LogP contribution < -0.4 is 10.6 Å². The van der Waals surface area contributed by atoms with Gasteiger partial charge in [-0.2, -0.15) is 13.2 Å². The van der Waals surface area contributed by atoms with Crippen molar-refractivity contribution in [1.82, 2.24) is 4.98 Å². The van der Waals surface area contributed by atoms with E-state index < -0.39 is 12.7 Å². The van der Waals surface area contributed by atoms with Crippen molar-refractivity contribution in [2.75, 3.05) is 18.5 Å². The molecule has 0 radical (unpaired) electrons. The zero-order valence-electron chi connectivity index (χ0n) is 8.45. The number of rotatable bonds is 3. The van der Waals surface area contributed by atoms with Gasteiger partial charge < -0.3 is 10.6 Å². The van der Waals surface area contributed by atoms with Crippen molar-refractivity contribution < 1.29 is 13.2 Å². The van der Waals surface area contributed by atoms with Crippen LogP contribution in [0.3, 0.4) is 0 Å². The molecule has 0 aromatic carbocycles. The molecule has 0 aliphatic rings. The fourth-order valence-electron chi connectivity index (χ4n) is 1.24. The fourth-order valence-corrected chi connectivity index (χ4v) is 1.40. The molecular weight excluding hydrogens is 239 g/mol. The lowest BCUT2D eigenvalue weighted by Gasteiger charge is -2.21. The minimum atomic E-state index is -4.29. The number of alkyl halides is 3. The summed E-state index contributed by atoms with van der Waals surface area (Å²) in [4.78, 5) is 4.83. The molecule has 88 valence electrons. The molecule has 2 N–H and O–H groups in total. The van der Waals surface area contributed by atoms with Gasteiger partial charge in [-0.3, -0.25) is 0 Å². The van der Waals surface area contributed by atoms with E-state index in [1.165, 1.54) is 19.3 Å². The Labute approximate surface area is 96.1 Å². The lowest BCUT2D eigenvalue weighted by molar-refractivity contribution is -0.119. The molecule has 0 bridgehead atoms. The maximum Gasteiger partial charge on any atom is 0.405 e. The van der Waals surface area contributed by atoms with E-state index in [1.807, 2.05) is 0 Å². The van der Waals surface area contributed by atoms with E-state index in [0.717, 1.165) is 4.90 Å². The predicted octanol–water partition coefficient (Wildman–Crippen LogP) is 1.71. The Bertz CT molecular complexity index is 392. The number of thiocarbonyl (C=S) groups is 1. The van der Waals surface area contributed by atoms with E-state index in [4.69, 9.17) is 18.0 Å². The molecule has 1 aromatic rings. The maximum atomic E-state index is 12.2. The highest BCUT2D eigenvalue weighted by atomic mass is 32.1. The molecule has 1 aromatic heterocycles. The first-order valence-electron chi connectivity index (χ1n) is 4.34. The highest BCUT2D eigenvalue weighted by molar-refractivity contribution is 7.80. The summed E-state index contributed by atoms with van der Waals surface area (Å²) in [5, 5.41) is 0. The van der Waals surface area contributed by atoms with Crippen molar-refractivity contribution in [1.29, 1.82) is 0 Å². The lowest BCUT2D eigenvalue weighted by Crippen LogP contribution is -2.33. The van der Waals surface area contributed by atoms with E-state index in [2.05, 4.69) is 4.98 Å². The number of anilines is 1. The topological polar surface area (TPSA) is 42.2 Å². The van der Waals surface area contributed by atoms with Crippen molar-refractivity contribution in [3.8, 4) is 0 Å². The number of hydrogen-bond acceptors (Lipinski definition) is 3. The quantitative estimate of drug-likeness (QED) is 0.828. The Hall–Kier alpha value is -1.37. The van der Waals surface area contributed by atoms with Crippen LogP contribution in [0.25, 0.3) is 0 Å². The number of aromatic nitrogens is 1. The monoisotopic (exact) mass is 249 g/mol. The molecule has 0 saturated heterocycles. The number of nitrogens with two attached hydrogens (primary N) is 1. The van der Waals surface area contributed by atoms with Crippen molar-refractivity contribution in [2.24, 2.45) is 5.73 Å². The SMILES string of the molecule is CN(CC(F)(F)F)c1ncccc1C(N)=S. The Balaban J connectivity index is 2.99. The third kappa shape index (κ3) is 3.34. The van der Waals surface area contributed by atoms with Gasteiger partial charge in [0.05, 0.1) is 5.56 Å². The summed E-state index contributed by atoms with van der Waals surface area (Å²) >= 11 is 4.74. The van der Waals surface area contributed by atoms with Crippen LogP contribution in [0.2, 0.25) is 0 Å². The van der Waals surface area contributed by atoms with Gasteiger partial charge in [-0.15, -0.1) is 0 Å². The van der Waals surface area contributed by atoms with E-state index in [9.17, 15) is 13.2 Å². The van der Waals surface area contributed by atoms with Gasteiger partial charge in [0.1, 0.15) is 17.4 Å². The average Bonchev–Trinajstić information content (AvgIpc) is 2.15. The predicted molar refractivity (Wildman–Crippen MR) is 59.4 cm³/mol. The highest BCUT2D eigenvalue weighted by Crippen LogP contribution is 2.21. The number of nitrogens with zero attached hydrogens (tertiary/aromatic N) is 2. The highest BCUT2D eigenvalue weighted by Gasteiger charge is 2.30. The molecule has 0 aliphatic heterocycles. The molecule has 0 aliphatic carbocycles. The standard InChI is InChI=1S/C9H10F3N3S/c1-15(5-9(10,11)12)8-6(7(13)16)3-2-4-14-8/h2-4H,5H2,1H3,(H2,13,16). The van der Waals surface area contributed by atoms with Crippen LogP contribution in [0.1, 0.15) is 5.56 Å². The minimum Gasteiger partial charge on any atom is -0.389 e. The second-order valence-electron chi connectivity index (χ2n) is 3.21. The normalized spacial score (nSPS) is 11.2. The molecule has 3 nitrogen and oxygen atoms in total. The van der Waals surface area contributed by atoms with E-state index in [-0.39, 0.29) is 10.8 Å². The molecule has 7 heteroatoms. The summed E-state index contributed by atoms with van der Waals surface area (Å²) in [6, 6.07) is 3.11. The van der Waals surface area contributed by atoms with Gasteiger partial charge in [0.2, 0.25) is 0 Å². The molecule has 0 atom stereocenters. The molecule has 1 heterocycles. The van der Waals surface area contributed by atoms with Gasteiger partial charge in [-0.05, 0) is 12.1 Å². The van der Waals surface area contributed by atoms with E-state index in [1.54, 1.807) is 6.07 Å². The second-order valence-corrected chi connectivity index (χ2v) is 3.65. The van der Waals surface area contributed by atoms with Gasteiger partial charge in [0.25, 0.3) is 0 Å². The number of pyridine rings is 1. The Morgan fingerprint density at radius 1 is 1.56 bits per heavy atom. The van der Waals surface area contributed by atoms with Crippen LogP contribution in [0.4, 0.5) is 19.0 Å². The first-order chi connectivity index (χ1) is 7.31.